The second kappa shape index (κ2) is 6.40. The maximum absolute atomic E-state index is 12.9. The van der Waals surface area contributed by atoms with Crippen molar-refractivity contribution >= 4 is 6.09 Å². The average Bonchev–Trinajstić information content (AvgIpc) is 2.77. The number of benzene rings is 1. The number of hydrogen-bond acceptors (Lipinski definition) is 3. The Kier molecular flexibility index (Phi) is 4.74. The average molecular weight is 385 g/mol. The predicted octanol–water partition coefficient (Wildman–Crippen LogP) is 4.76. The first kappa shape index (κ1) is 20.0. The zero-order valence-corrected chi connectivity index (χ0v) is 16.1. The van der Waals surface area contributed by atoms with E-state index >= 15 is 0 Å². The largest absolute Gasteiger partial charge is 0.444 e. The molecule has 1 aromatic rings. The number of piperidine rings is 1. The van der Waals surface area contributed by atoms with Crippen LogP contribution in [0.25, 0.3) is 0 Å². The third kappa shape index (κ3) is 3.93. The van der Waals surface area contributed by atoms with Crippen molar-refractivity contribution in [3.8, 4) is 0 Å². The van der Waals surface area contributed by atoms with Gasteiger partial charge in [0.15, 0.2) is 0 Å². The van der Waals surface area contributed by atoms with Crippen LogP contribution in [0.15, 0.2) is 18.2 Å². The molecule has 27 heavy (non-hydrogen) atoms. The van der Waals surface area contributed by atoms with E-state index in [4.69, 9.17) is 4.74 Å². The van der Waals surface area contributed by atoms with Crippen molar-refractivity contribution in [3.05, 3.63) is 34.9 Å². The Bertz CT molecular complexity index is 725. The molecule has 0 spiro atoms. The van der Waals surface area contributed by atoms with Gasteiger partial charge in [-0.3, -0.25) is 0 Å². The number of carbonyl (C=O) groups is 1. The summed E-state index contributed by atoms with van der Waals surface area (Å²) in [5.41, 5.74) is -1.64. The van der Waals surface area contributed by atoms with Crippen molar-refractivity contribution in [1.82, 2.24) is 4.90 Å². The number of halogens is 3. The molecule has 2 bridgehead atoms. The van der Waals surface area contributed by atoms with Crippen molar-refractivity contribution in [3.63, 3.8) is 0 Å². The van der Waals surface area contributed by atoms with Gasteiger partial charge >= 0.3 is 12.3 Å². The van der Waals surface area contributed by atoms with E-state index in [0.717, 1.165) is 25.0 Å². The number of ether oxygens (including phenoxy) is 1. The second-order valence-electron chi connectivity index (χ2n) is 8.74. The molecule has 7 heteroatoms. The van der Waals surface area contributed by atoms with Crippen molar-refractivity contribution in [2.75, 3.05) is 0 Å². The lowest BCUT2D eigenvalue weighted by atomic mass is 9.78. The van der Waals surface area contributed by atoms with E-state index in [2.05, 4.69) is 0 Å². The summed E-state index contributed by atoms with van der Waals surface area (Å²) in [5.74, 6) is 0. The summed E-state index contributed by atoms with van der Waals surface area (Å²) in [6, 6.07) is 3.12. The van der Waals surface area contributed by atoms with Gasteiger partial charge in [0, 0.05) is 24.9 Å². The Morgan fingerprint density at radius 1 is 1.19 bits per heavy atom. The minimum absolute atomic E-state index is 0.176. The van der Waals surface area contributed by atoms with Crippen LogP contribution in [0.2, 0.25) is 0 Å². The molecular weight excluding hydrogens is 359 g/mol. The van der Waals surface area contributed by atoms with Crippen molar-refractivity contribution in [1.29, 1.82) is 0 Å². The van der Waals surface area contributed by atoms with E-state index in [-0.39, 0.29) is 18.2 Å². The molecule has 1 amide bonds. The van der Waals surface area contributed by atoms with Crippen LogP contribution in [0.5, 0.6) is 0 Å². The van der Waals surface area contributed by atoms with Crippen LogP contribution < -0.4 is 0 Å². The first-order valence-corrected chi connectivity index (χ1v) is 9.22. The minimum Gasteiger partial charge on any atom is -0.444 e. The third-order valence-electron chi connectivity index (χ3n) is 5.43. The molecule has 2 fully saturated rings. The lowest BCUT2D eigenvalue weighted by Gasteiger charge is -2.44. The highest BCUT2D eigenvalue weighted by Gasteiger charge is 2.51. The molecule has 4 nitrogen and oxygen atoms in total. The fourth-order valence-corrected chi connectivity index (χ4v) is 4.42. The van der Waals surface area contributed by atoms with Gasteiger partial charge in [0.05, 0.1) is 11.2 Å². The molecule has 0 aliphatic carbocycles. The quantitative estimate of drug-likeness (QED) is 0.758. The fraction of sp³-hybridized carbons (Fsp3) is 0.650. The van der Waals surface area contributed by atoms with Crippen LogP contribution in [0.1, 0.15) is 63.1 Å². The van der Waals surface area contributed by atoms with E-state index < -0.39 is 22.9 Å². The molecule has 1 aromatic carbocycles. The molecule has 2 heterocycles. The molecule has 2 unspecified atom stereocenters. The maximum atomic E-state index is 12.9. The number of aliphatic hydroxyl groups is 1. The summed E-state index contributed by atoms with van der Waals surface area (Å²) < 4.78 is 44.3. The number of carbonyl (C=O) groups excluding carboxylic acids is 1. The van der Waals surface area contributed by atoms with Gasteiger partial charge in [0.2, 0.25) is 0 Å². The summed E-state index contributed by atoms with van der Waals surface area (Å²) in [6.07, 6.45) is -2.69. The highest BCUT2D eigenvalue weighted by Crippen LogP contribution is 2.47. The molecule has 2 aliphatic heterocycles. The van der Waals surface area contributed by atoms with Crippen LogP contribution in [0, 0.1) is 6.92 Å². The summed E-state index contributed by atoms with van der Waals surface area (Å²) >= 11 is 0. The molecular formula is C20H26F3NO3. The highest BCUT2D eigenvalue weighted by atomic mass is 19.4. The van der Waals surface area contributed by atoms with E-state index in [1.165, 1.54) is 6.07 Å². The molecule has 1 N–H and O–H groups in total. The maximum Gasteiger partial charge on any atom is 0.416 e. The lowest BCUT2D eigenvalue weighted by Crippen LogP contribution is -2.53. The fourth-order valence-electron chi connectivity index (χ4n) is 4.42. The lowest BCUT2D eigenvalue weighted by molar-refractivity contribution is -0.137. The van der Waals surface area contributed by atoms with Gasteiger partial charge in [-0.2, -0.15) is 13.2 Å². The zero-order chi connectivity index (χ0) is 20.2. The van der Waals surface area contributed by atoms with Gasteiger partial charge < -0.3 is 14.7 Å². The molecule has 150 valence electrons. The second-order valence-corrected chi connectivity index (χ2v) is 8.74. The van der Waals surface area contributed by atoms with Gasteiger partial charge in [-0.1, -0.05) is 6.07 Å². The normalized spacial score (nSPS) is 28.4. The number of hydrogen-bond donors (Lipinski definition) is 1. The van der Waals surface area contributed by atoms with Crippen LogP contribution in [0.3, 0.4) is 0 Å². The summed E-state index contributed by atoms with van der Waals surface area (Å²) in [7, 11) is 0. The van der Waals surface area contributed by atoms with Crippen molar-refractivity contribution in [2.45, 2.75) is 82.8 Å². The first-order chi connectivity index (χ1) is 12.3. The highest BCUT2D eigenvalue weighted by molar-refractivity contribution is 5.70. The monoisotopic (exact) mass is 385 g/mol. The predicted molar refractivity (Wildman–Crippen MR) is 94.2 cm³/mol. The first-order valence-electron chi connectivity index (χ1n) is 9.22. The van der Waals surface area contributed by atoms with Crippen LogP contribution in [-0.4, -0.2) is 33.8 Å². The number of alkyl halides is 3. The van der Waals surface area contributed by atoms with Gasteiger partial charge in [0.1, 0.15) is 5.60 Å². The molecule has 3 rings (SSSR count). The number of nitrogens with zero attached hydrogens (tertiary/aromatic N) is 1. The van der Waals surface area contributed by atoms with E-state index in [9.17, 15) is 23.1 Å². The SMILES string of the molecule is Cc1cc(C(F)(F)F)ccc1C1(O)CC2CCC(C1)N2C(=O)OC(C)(C)C. The van der Waals surface area contributed by atoms with Gasteiger partial charge in [-0.25, -0.2) is 4.79 Å². The minimum atomic E-state index is -4.41. The van der Waals surface area contributed by atoms with Gasteiger partial charge in [-0.15, -0.1) is 0 Å². The molecule has 2 aliphatic rings. The van der Waals surface area contributed by atoms with Crippen molar-refractivity contribution < 1.29 is 27.8 Å². The van der Waals surface area contributed by atoms with Crippen molar-refractivity contribution in [2.24, 2.45) is 0 Å². The smallest absolute Gasteiger partial charge is 0.416 e. The van der Waals surface area contributed by atoms with Gasteiger partial charge in [0.25, 0.3) is 0 Å². The van der Waals surface area contributed by atoms with Gasteiger partial charge in [-0.05, 0) is 63.8 Å². The number of fused-ring (bicyclic) bond motifs is 2. The molecule has 0 aromatic heterocycles. The summed E-state index contributed by atoms with van der Waals surface area (Å²) in [5, 5.41) is 11.3. The molecule has 2 atom stereocenters. The van der Waals surface area contributed by atoms with Crippen LogP contribution >= 0.6 is 0 Å². The van der Waals surface area contributed by atoms with Crippen LogP contribution in [0.4, 0.5) is 18.0 Å². The van der Waals surface area contributed by atoms with E-state index in [1.54, 1.807) is 32.6 Å². The third-order valence-corrected chi connectivity index (χ3v) is 5.43. The topological polar surface area (TPSA) is 49.8 Å². The summed E-state index contributed by atoms with van der Waals surface area (Å²) in [4.78, 5) is 14.2. The Morgan fingerprint density at radius 3 is 2.19 bits per heavy atom. The number of rotatable bonds is 1. The Hall–Kier alpha value is -1.76. The summed E-state index contributed by atoms with van der Waals surface area (Å²) in [6.45, 7) is 7.00. The van der Waals surface area contributed by atoms with E-state index in [1.807, 2.05) is 0 Å². The number of aryl methyl sites for hydroxylation is 1. The Labute approximate surface area is 157 Å². The Balaban J connectivity index is 1.84. The van der Waals surface area contributed by atoms with Crippen LogP contribution in [-0.2, 0) is 16.5 Å². The van der Waals surface area contributed by atoms with E-state index in [0.29, 0.717) is 24.0 Å². The Morgan fingerprint density at radius 2 is 1.74 bits per heavy atom. The molecule has 0 saturated carbocycles. The molecule has 0 radical (unpaired) electrons. The number of amides is 1. The zero-order valence-electron chi connectivity index (χ0n) is 16.1. The molecule has 2 saturated heterocycles. The standard InChI is InChI=1S/C20H26F3NO3/c1-12-9-13(20(21,22)23)5-8-16(12)19(26)10-14-6-7-15(11-19)24(14)17(25)27-18(2,3)4/h5,8-9,14-15,26H,6-7,10-11H2,1-4H3.